The molecule has 0 fully saturated rings. The lowest BCUT2D eigenvalue weighted by molar-refractivity contribution is -0.274. The van der Waals surface area contributed by atoms with E-state index in [-0.39, 0.29) is 16.9 Å². The molecule has 0 aliphatic rings. The summed E-state index contributed by atoms with van der Waals surface area (Å²) in [5, 5.41) is 0. The SMILES string of the molecule is CC(C)(C)c1cc(N)cc(OC(F)(F)F)c1. The van der Waals surface area contributed by atoms with Crippen LogP contribution < -0.4 is 10.5 Å². The standard InChI is InChI=1S/C11H14F3NO/c1-10(2,3)7-4-8(15)6-9(5-7)16-11(12,13)14/h4-6H,15H2,1-3H3. The summed E-state index contributed by atoms with van der Waals surface area (Å²) in [6.07, 6.45) is -4.69. The molecular formula is C11H14F3NO. The predicted octanol–water partition coefficient (Wildman–Crippen LogP) is 3.46. The van der Waals surface area contributed by atoms with E-state index in [9.17, 15) is 13.2 Å². The van der Waals surface area contributed by atoms with E-state index in [1.54, 1.807) is 6.07 Å². The molecule has 0 saturated heterocycles. The lowest BCUT2D eigenvalue weighted by Crippen LogP contribution is -2.18. The number of halogens is 3. The number of ether oxygens (including phenoxy) is 1. The third-order valence-electron chi connectivity index (χ3n) is 2.03. The first kappa shape index (κ1) is 12.7. The Morgan fingerprint density at radius 2 is 1.62 bits per heavy atom. The molecule has 5 heteroatoms. The van der Waals surface area contributed by atoms with Gasteiger partial charge in [-0.2, -0.15) is 0 Å². The van der Waals surface area contributed by atoms with Crippen molar-refractivity contribution < 1.29 is 17.9 Å². The molecule has 0 amide bonds. The highest BCUT2D eigenvalue weighted by Crippen LogP contribution is 2.31. The van der Waals surface area contributed by atoms with Crippen molar-refractivity contribution in [1.82, 2.24) is 0 Å². The van der Waals surface area contributed by atoms with Gasteiger partial charge in [-0.05, 0) is 23.1 Å². The monoisotopic (exact) mass is 233 g/mol. The number of hydrogen-bond acceptors (Lipinski definition) is 2. The highest BCUT2D eigenvalue weighted by Gasteiger charge is 2.31. The number of alkyl halides is 3. The highest BCUT2D eigenvalue weighted by molar-refractivity contribution is 5.49. The fourth-order valence-corrected chi connectivity index (χ4v) is 1.25. The Kier molecular flexibility index (Phi) is 3.08. The third kappa shape index (κ3) is 3.64. The van der Waals surface area contributed by atoms with Gasteiger partial charge in [0.2, 0.25) is 0 Å². The lowest BCUT2D eigenvalue weighted by atomic mass is 9.87. The van der Waals surface area contributed by atoms with Crippen molar-refractivity contribution in [2.45, 2.75) is 32.5 Å². The minimum atomic E-state index is -4.69. The summed E-state index contributed by atoms with van der Waals surface area (Å²) in [6, 6.07) is 4.15. The van der Waals surface area contributed by atoms with Crippen molar-refractivity contribution in [2.24, 2.45) is 0 Å². The molecule has 0 bridgehead atoms. The fourth-order valence-electron chi connectivity index (χ4n) is 1.25. The Balaban J connectivity index is 3.09. The van der Waals surface area contributed by atoms with Crippen molar-refractivity contribution in [3.05, 3.63) is 23.8 Å². The van der Waals surface area contributed by atoms with Crippen LogP contribution >= 0.6 is 0 Å². The number of nitrogen functional groups attached to an aromatic ring is 1. The molecule has 0 radical (unpaired) electrons. The van der Waals surface area contributed by atoms with E-state index >= 15 is 0 Å². The minimum Gasteiger partial charge on any atom is -0.406 e. The number of rotatable bonds is 1. The Morgan fingerprint density at radius 1 is 1.06 bits per heavy atom. The molecule has 1 aromatic carbocycles. The molecule has 1 rings (SSSR count). The zero-order valence-electron chi connectivity index (χ0n) is 9.35. The van der Waals surface area contributed by atoms with Crippen molar-refractivity contribution in [1.29, 1.82) is 0 Å². The zero-order chi connectivity index (χ0) is 12.6. The maximum atomic E-state index is 12.0. The summed E-state index contributed by atoms with van der Waals surface area (Å²) in [5.74, 6) is -0.280. The maximum absolute atomic E-state index is 12.0. The van der Waals surface area contributed by atoms with Crippen LogP contribution in [0.2, 0.25) is 0 Å². The first-order valence-corrected chi connectivity index (χ1v) is 4.75. The molecule has 0 atom stereocenters. The molecule has 16 heavy (non-hydrogen) atoms. The van der Waals surface area contributed by atoms with Crippen molar-refractivity contribution in [3.63, 3.8) is 0 Å². The summed E-state index contributed by atoms with van der Waals surface area (Å²) >= 11 is 0. The van der Waals surface area contributed by atoms with Crippen LogP contribution in [0.1, 0.15) is 26.3 Å². The second-order valence-corrected chi connectivity index (χ2v) is 4.59. The van der Waals surface area contributed by atoms with Gasteiger partial charge in [-0.15, -0.1) is 13.2 Å². The maximum Gasteiger partial charge on any atom is 0.573 e. The van der Waals surface area contributed by atoms with Crippen LogP contribution in [-0.4, -0.2) is 6.36 Å². The molecule has 2 nitrogen and oxygen atoms in total. The van der Waals surface area contributed by atoms with Crippen molar-refractivity contribution >= 4 is 5.69 Å². The number of hydrogen-bond donors (Lipinski definition) is 1. The summed E-state index contributed by atoms with van der Waals surface area (Å²) in [6.45, 7) is 5.66. The summed E-state index contributed by atoms with van der Waals surface area (Å²) in [7, 11) is 0. The normalized spacial score (nSPS) is 12.6. The average Bonchev–Trinajstić information content (AvgIpc) is 1.97. The molecule has 0 heterocycles. The van der Waals surface area contributed by atoms with E-state index in [1.807, 2.05) is 20.8 Å². The lowest BCUT2D eigenvalue weighted by Gasteiger charge is -2.21. The van der Waals surface area contributed by atoms with E-state index in [0.29, 0.717) is 5.56 Å². The van der Waals surface area contributed by atoms with Crippen molar-refractivity contribution in [2.75, 3.05) is 5.73 Å². The summed E-state index contributed by atoms with van der Waals surface area (Å²) < 4.78 is 40.0. The molecule has 2 N–H and O–H groups in total. The largest absolute Gasteiger partial charge is 0.573 e. The molecule has 90 valence electrons. The predicted molar refractivity (Wildman–Crippen MR) is 56.2 cm³/mol. The average molecular weight is 233 g/mol. The quantitative estimate of drug-likeness (QED) is 0.754. The Morgan fingerprint density at radius 3 is 2.06 bits per heavy atom. The van der Waals surface area contributed by atoms with Crippen LogP contribution in [-0.2, 0) is 5.41 Å². The van der Waals surface area contributed by atoms with Gasteiger partial charge < -0.3 is 10.5 Å². The van der Waals surface area contributed by atoms with Crippen LogP contribution in [0.3, 0.4) is 0 Å². The van der Waals surface area contributed by atoms with Crippen LogP contribution in [0.4, 0.5) is 18.9 Å². The number of anilines is 1. The summed E-state index contributed by atoms with van der Waals surface area (Å²) in [4.78, 5) is 0. The van der Waals surface area contributed by atoms with E-state index < -0.39 is 6.36 Å². The van der Waals surface area contributed by atoms with Gasteiger partial charge in [0.15, 0.2) is 0 Å². The van der Waals surface area contributed by atoms with E-state index in [4.69, 9.17) is 5.73 Å². The molecule has 0 unspecified atom stereocenters. The Labute approximate surface area is 92.2 Å². The Hall–Kier alpha value is -1.39. The Bertz CT molecular complexity index is 380. The smallest absolute Gasteiger partial charge is 0.406 e. The molecule has 0 saturated carbocycles. The third-order valence-corrected chi connectivity index (χ3v) is 2.03. The van der Waals surface area contributed by atoms with E-state index in [0.717, 1.165) is 6.07 Å². The van der Waals surface area contributed by atoms with Gasteiger partial charge in [0.25, 0.3) is 0 Å². The topological polar surface area (TPSA) is 35.2 Å². The highest BCUT2D eigenvalue weighted by atomic mass is 19.4. The van der Waals surface area contributed by atoms with E-state index in [2.05, 4.69) is 4.74 Å². The zero-order valence-corrected chi connectivity index (χ0v) is 9.35. The van der Waals surface area contributed by atoms with Gasteiger partial charge in [0.05, 0.1) is 0 Å². The van der Waals surface area contributed by atoms with Crippen LogP contribution in [0.5, 0.6) is 5.75 Å². The van der Waals surface area contributed by atoms with Gasteiger partial charge in [-0.1, -0.05) is 20.8 Å². The first-order chi connectivity index (χ1) is 7.08. The van der Waals surface area contributed by atoms with Gasteiger partial charge in [0.1, 0.15) is 5.75 Å². The van der Waals surface area contributed by atoms with Gasteiger partial charge in [-0.3, -0.25) is 0 Å². The van der Waals surface area contributed by atoms with Crippen LogP contribution in [0.15, 0.2) is 18.2 Å². The van der Waals surface area contributed by atoms with Gasteiger partial charge >= 0.3 is 6.36 Å². The van der Waals surface area contributed by atoms with Crippen molar-refractivity contribution in [3.8, 4) is 5.75 Å². The molecule has 0 aliphatic carbocycles. The summed E-state index contributed by atoms with van der Waals surface area (Å²) in [5.41, 5.74) is 6.21. The van der Waals surface area contributed by atoms with Gasteiger partial charge in [0, 0.05) is 11.8 Å². The second-order valence-electron chi connectivity index (χ2n) is 4.59. The molecular weight excluding hydrogens is 219 g/mol. The number of nitrogens with two attached hydrogens (primary N) is 1. The molecule has 0 spiro atoms. The second kappa shape index (κ2) is 3.88. The molecule has 0 aromatic heterocycles. The van der Waals surface area contributed by atoms with Gasteiger partial charge in [-0.25, -0.2) is 0 Å². The van der Waals surface area contributed by atoms with E-state index in [1.165, 1.54) is 6.07 Å². The number of benzene rings is 1. The molecule has 1 aromatic rings. The molecule has 0 aliphatic heterocycles. The van der Waals surface area contributed by atoms with Crippen LogP contribution in [0, 0.1) is 0 Å². The first-order valence-electron chi connectivity index (χ1n) is 4.75. The fraction of sp³-hybridized carbons (Fsp3) is 0.455. The minimum absolute atomic E-state index is 0.256. The van der Waals surface area contributed by atoms with Crippen LogP contribution in [0.25, 0.3) is 0 Å².